The van der Waals surface area contributed by atoms with E-state index in [0.717, 1.165) is 12.8 Å². The first-order valence-electron chi connectivity index (χ1n) is 4.44. The number of hydrogen-bond acceptors (Lipinski definition) is 2. The Morgan fingerprint density at radius 1 is 1.75 bits per heavy atom. The zero-order valence-electron chi connectivity index (χ0n) is 7.32. The van der Waals surface area contributed by atoms with E-state index in [1.807, 2.05) is 17.9 Å². The lowest BCUT2D eigenvalue weighted by Crippen LogP contribution is -2.13. The van der Waals surface area contributed by atoms with Crippen LogP contribution in [0, 0.1) is 0 Å². The molecule has 1 atom stereocenters. The van der Waals surface area contributed by atoms with E-state index in [1.54, 1.807) is 0 Å². The van der Waals surface area contributed by atoms with Crippen LogP contribution in [0.25, 0.3) is 0 Å². The molecule has 1 aliphatic carbocycles. The van der Waals surface area contributed by atoms with Crippen molar-refractivity contribution in [1.29, 1.82) is 0 Å². The van der Waals surface area contributed by atoms with Crippen LogP contribution >= 0.6 is 0 Å². The van der Waals surface area contributed by atoms with Gasteiger partial charge in [-0.3, -0.25) is 4.68 Å². The summed E-state index contributed by atoms with van der Waals surface area (Å²) in [7, 11) is 1.97. The molecule has 0 saturated carbocycles. The number of hydrogen-bond donors (Lipinski definition) is 1. The van der Waals surface area contributed by atoms with Crippen LogP contribution in [0.5, 0.6) is 0 Å². The Hall–Kier alpha value is -0.830. The number of aliphatic hydroxyl groups is 1. The largest absolute Gasteiger partial charge is 0.396 e. The molecule has 3 nitrogen and oxygen atoms in total. The molecule has 1 heterocycles. The van der Waals surface area contributed by atoms with Gasteiger partial charge in [0.1, 0.15) is 0 Å². The van der Waals surface area contributed by atoms with E-state index in [9.17, 15) is 0 Å². The maximum Gasteiger partial charge on any atom is 0.0528 e. The molecule has 0 amide bonds. The minimum atomic E-state index is 0.263. The molecular weight excluding hydrogens is 152 g/mol. The second kappa shape index (κ2) is 2.90. The summed E-state index contributed by atoms with van der Waals surface area (Å²) in [4.78, 5) is 0. The minimum Gasteiger partial charge on any atom is -0.396 e. The van der Waals surface area contributed by atoms with Crippen LogP contribution in [0.1, 0.15) is 30.0 Å². The number of aromatic nitrogens is 2. The molecule has 0 spiro atoms. The van der Waals surface area contributed by atoms with Crippen molar-refractivity contribution in [3.05, 3.63) is 17.5 Å². The first-order chi connectivity index (χ1) is 5.83. The molecule has 1 aromatic heterocycles. The van der Waals surface area contributed by atoms with Crippen molar-refractivity contribution in [2.75, 3.05) is 6.61 Å². The predicted octanol–water partition coefficient (Wildman–Crippen LogP) is 0.832. The minimum absolute atomic E-state index is 0.263. The Balaban J connectivity index is 2.38. The topological polar surface area (TPSA) is 38.0 Å². The van der Waals surface area contributed by atoms with Gasteiger partial charge in [0.2, 0.25) is 0 Å². The molecule has 0 aliphatic heterocycles. The molecule has 1 aromatic rings. The van der Waals surface area contributed by atoms with Gasteiger partial charge < -0.3 is 5.11 Å². The highest BCUT2D eigenvalue weighted by Crippen LogP contribution is 2.30. The van der Waals surface area contributed by atoms with Gasteiger partial charge in [-0.05, 0) is 24.8 Å². The Bertz CT molecular complexity index is 280. The lowest BCUT2D eigenvalue weighted by molar-refractivity contribution is 0.252. The molecule has 0 bridgehead atoms. The fourth-order valence-corrected chi connectivity index (χ4v) is 1.99. The monoisotopic (exact) mass is 166 g/mol. The van der Waals surface area contributed by atoms with Crippen LogP contribution in [0.4, 0.5) is 0 Å². The number of nitrogens with zero attached hydrogens (tertiary/aromatic N) is 2. The van der Waals surface area contributed by atoms with Gasteiger partial charge in [-0.25, -0.2) is 0 Å². The molecule has 3 heteroatoms. The third kappa shape index (κ3) is 1.05. The Morgan fingerprint density at radius 3 is 3.33 bits per heavy atom. The first-order valence-corrected chi connectivity index (χ1v) is 4.44. The molecule has 1 N–H and O–H groups in total. The third-order valence-corrected chi connectivity index (χ3v) is 2.72. The lowest BCUT2D eigenvalue weighted by Gasteiger charge is -2.20. The average Bonchev–Trinajstić information content (AvgIpc) is 2.48. The third-order valence-electron chi connectivity index (χ3n) is 2.72. The quantitative estimate of drug-likeness (QED) is 0.671. The summed E-state index contributed by atoms with van der Waals surface area (Å²) in [5, 5.41) is 13.3. The van der Waals surface area contributed by atoms with Crippen LogP contribution in [0.15, 0.2) is 6.20 Å². The Labute approximate surface area is 72.0 Å². The van der Waals surface area contributed by atoms with E-state index >= 15 is 0 Å². The van der Waals surface area contributed by atoms with Gasteiger partial charge in [0.25, 0.3) is 0 Å². The van der Waals surface area contributed by atoms with Gasteiger partial charge in [-0.2, -0.15) is 5.10 Å². The van der Waals surface area contributed by atoms with E-state index in [1.165, 1.54) is 17.7 Å². The van der Waals surface area contributed by atoms with Gasteiger partial charge in [0.15, 0.2) is 0 Å². The molecule has 0 saturated heterocycles. The molecule has 1 aliphatic rings. The van der Waals surface area contributed by atoms with Gasteiger partial charge >= 0.3 is 0 Å². The van der Waals surface area contributed by atoms with Crippen molar-refractivity contribution in [2.24, 2.45) is 7.05 Å². The second-order valence-electron chi connectivity index (χ2n) is 3.44. The van der Waals surface area contributed by atoms with Crippen LogP contribution in [-0.2, 0) is 13.5 Å². The Morgan fingerprint density at radius 2 is 2.58 bits per heavy atom. The molecule has 0 radical (unpaired) electrons. The van der Waals surface area contributed by atoms with Crippen molar-refractivity contribution in [3.63, 3.8) is 0 Å². The molecule has 0 fully saturated rings. The highest BCUT2D eigenvalue weighted by atomic mass is 16.3. The zero-order chi connectivity index (χ0) is 8.55. The molecule has 2 rings (SSSR count). The van der Waals surface area contributed by atoms with Gasteiger partial charge in [0, 0.05) is 18.7 Å². The maximum atomic E-state index is 9.11. The molecule has 1 unspecified atom stereocenters. The SMILES string of the molecule is Cn1ncc2c1CCCC2CO. The van der Waals surface area contributed by atoms with Crippen molar-refractivity contribution < 1.29 is 5.11 Å². The highest BCUT2D eigenvalue weighted by Gasteiger charge is 2.22. The Kier molecular flexibility index (Phi) is 1.89. The van der Waals surface area contributed by atoms with Gasteiger partial charge in [0.05, 0.1) is 12.8 Å². The standard InChI is InChI=1S/C9H14N2O/c1-11-9-4-2-3-7(6-12)8(9)5-10-11/h5,7,12H,2-4,6H2,1H3. The summed E-state index contributed by atoms with van der Waals surface area (Å²) in [5.74, 6) is 0.336. The summed E-state index contributed by atoms with van der Waals surface area (Å²) < 4.78 is 1.93. The van der Waals surface area contributed by atoms with Gasteiger partial charge in [-0.1, -0.05) is 0 Å². The van der Waals surface area contributed by atoms with E-state index in [-0.39, 0.29) is 6.61 Å². The van der Waals surface area contributed by atoms with E-state index < -0.39 is 0 Å². The highest BCUT2D eigenvalue weighted by molar-refractivity contribution is 5.25. The zero-order valence-corrected chi connectivity index (χ0v) is 7.32. The maximum absolute atomic E-state index is 9.11. The van der Waals surface area contributed by atoms with E-state index in [0.29, 0.717) is 5.92 Å². The van der Waals surface area contributed by atoms with Gasteiger partial charge in [-0.15, -0.1) is 0 Å². The van der Waals surface area contributed by atoms with E-state index in [2.05, 4.69) is 5.10 Å². The van der Waals surface area contributed by atoms with Crippen molar-refractivity contribution in [3.8, 4) is 0 Å². The summed E-state index contributed by atoms with van der Waals surface area (Å²) in [6, 6.07) is 0. The number of fused-ring (bicyclic) bond motifs is 1. The van der Waals surface area contributed by atoms with Crippen molar-refractivity contribution >= 4 is 0 Å². The number of rotatable bonds is 1. The first kappa shape index (κ1) is 7.80. The van der Waals surface area contributed by atoms with Crippen LogP contribution in [-0.4, -0.2) is 21.5 Å². The van der Waals surface area contributed by atoms with Crippen molar-refractivity contribution in [1.82, 2.24) is 9.78 Å². The van der Waals surface area contributed by atoms with E-state index in [4.69, 9.17) is 5.11 Å². The molecular formula is C9H14N2O. The van der Waals surface area contributed by atoms with Crippen molar-refractivity contribution in [2.45, 2.75) is 25.2 Å². The molecule has 12 heavy (non-hydrogen) atoms. The molecule has 66 valence electrons. The van der Waals surface area contributed by atoms with Crippen LogP contribution in [0.3, 0.4) is 0 Å². The summed E-state index contributed by atoms with van der Waals surface area (Å²) >= 11 is 0. The second-order valence-corrected chi connectivity index (χ2v) is 3.44. The number of aryl methyl sites for hydroxylation is 1. The fourth-order valence-electron chi connectivity index (χ4n) is 1.99. The summed E-state index contributed by atoms with van der Waals surface area (Å²) in [6.45, 7) is 0.263. The molecule has 0 aromatic carbocycles. The fraction of sp³-hybridized carbons (Fsp3) is 0.667. The predicted molar refractivity (Wildman–Crippen MR) is 46.0 cm³/mol. The summed E-state index contributed by atoms with van der Waals surface area (Å²) in [5.41, 5.74) is 2.56. The average molecular weight is 166 g/mol. The normalized spacial score (nSPS) is 22.3. The smallest absolute Gasteiger partial charge is 0.0528 e. The van der Waals surface area contributed by atoms with Crippen LogP contribution in [0.2, 0.25) is 0 Å². The summed E-state index contributed by atoms with van der Waals surface area (Å²) in [6.07, 6.45) is 5.30. The lowest BCUT2D eigenvalue weighted by atomic mass is 9.88. The number of aliphatic hydroxyl groups excluding tert-OH is 1. The van der Waals surface area contributed by atoms with Crippen LogP contribution < -0.4 is 0 Å².